The van der Waals surface area contributed by atoms with Gasteiger partial charge in [0.2, 0.25) is 5.89 Å². The van der Waals surface area contributed by atoms with Gasteiger partial charge in [0.25, 0.3) is 5.91 Å². The van der Waals surface area contributed by atoms with Crippen LogP contribution in [-0.2, 0) is 5.41 Å². The lowest BCUT2D eigenvalue weighted by atomic mass is 9.87. The van der Waals surface area contributed by atoms with Crippen LogP contribution in [0.4, 0.5) is 5.69 Å². The average molecular weight is 384 g/mol. The molecule has 0 aliphatic carbocycles. The highest BCUT2D eigenvalue weighted by Crippen LogP contribution is 2.26. The van der Waals surface area contributed by atoms with Crippen molar-refractivity contribution in [3.05, 3.63) is 83.4 Å². The fourth-order valence-electron chi connectivity index (χ4n) is 3.18. The van der Waals surface area contributed by atoms with Crippen molar-refractivity contribution in [2.24, 2.45) is 0 Å². The van der Waals surface area contributed by atoms with E-state index in [9.17, 15) is 4.79 Å². The molecule has 4 heteroatoms. The van der Waals surface area contributed by atoms with Crippen molar-refractivity contribution in [3.8, 4) is 11.5 Å². The molecule has 0 aliphatic heterocycles. The summed E-state index contributed by atoms with van der Waals surface area (Å²) in [6, 6.07) is 21.2. The van der Waals surface area contributed by atoms with Crippen LogP contribution in [0.2, 0.25) is 0 Å². The van der Waals surface area contributed by atoms with Crippen molar-refractivity contribution in [3.63, 3.8) is 0 Å². The second kappa shape index (κ2) is 7.21. The zero-order valence-corrected chi connectivity index (χ0v) is 17.1. The molecular weight excluding hydrogens is 360 g/mol. The van der Waals surface area contributed by atoms with Crippen molar-refractivity contribution >= 4 is 22.7 Å². The predicted molar refractivity (Wildman–Crippen MR) is 117 cm³/mol. The van der Waals surface area contributed by atoms with Crippen molar-refractivity contribution < 1.29 is 9.21 Å². The molecule has 1 heterocycles. The van der Waals surface area contributed by atoms with E-state index >= 15 is 0 Å². The number of nitrogens with zero attached hydrogens (tertiary/aromatic N) is 1. The standard InChI is InChI=1S/C25H24N2O2/c1-16-5-14-22-21(15-16)27-24(29-22)18-8-12-20(13-9-18)26-23(28)17-6-10-19(11-7-17)25(2,3)4/h5-15H,1-4H3,(H,26,28). The molecule has 0 unspecified atom stereocenters. The number of amides is 1. The first-order valence-corrected chi connectivity index (χ1v) is 9.69. The van der Waals surface area contributed by atoms with Crippen LogP contribution in [0.15, 0.2) is 71.1 Å². The molecule has 1 amide bonds. The van der Waals surface area contributed by atoms with Crippen LogP contribution < -0.4 is 5.32 Å². The summed E-state index contributed by atoms with van der Waals surface area (Å²) in [4.78, 5) is 17.1. The smallest absolute Gasteiger partial charge is 0.255 e. The van der Waals surface area contributed by atoms with E-state index in [-0.39, 0.29) is 11.3 Å². The quantitative estimate of drug-likeness (QED) is 0.447. The summed E-state index contributed by atoms with van der Waals surface area (Å²) in [7, 11) is 0. The van der Waals surface area contributed by atoms with Crippen molar-refractivity contribution in [2.45, 2.75) is 33.1 Å². The van der Waals surface area contributed by atoms with Crippen molar-refractivity contribution in [2.75, 3.05) is 5.32 Å². The Hall–Kier alpha value is -3.40. The Morgan fingerprint density at radius 3 is 2.28 bits per heavy atom. The molecule has 0 bridgehead atoms. The molecule has 0 atom stereocenters. The van der Waals surface area contributed by atoms with Gasteiger partial charge in [-0.1, -0.05) is 39.0 Å². The number of hydrogen-bond acceptors (Lipinski definition) is 3. The average Bonchev–Trinajstić information content (AvgIpc) is 3.11. The largest absolute Gasteiger partial charge is 0.436 e. The molecule has 0 saturated heterocycles. The first kappa shape index (κ1) is 18.9. The highest BCUT2D eigenvalue weighted by Gasteiger charge is 2.14. The molecule has 146 valence electrons. The topological polar surface area (TPSA) is 55.1 Å². The molecule has 1 N–H and O–H groups in total. The lowest BCUT2D eigenvalue weighted by Gasteiger charge is -2.19. The van der Waals surface area contributed by atoms with Gasteiger partial charge in [-0.3, -0.25) is 4.79 Å². The van der Waals surface area contributed by atoms with Gasteiger partial charge >= 0.3 is 0 Å². The summed E-state index contributed by atoms with van der Waals surface area (Å²) < 4.78 is 5.84. The fraction of sp³-hybridized carbons (Fsp3) is 0.200. The van der Waals surface area contributed by atoms with E-state index < -0.39 is 0 Å². The van der Waals surface area contributed by atoms with Gasteiger partial charge in [-0.05, 0) is 72.0 Å². The van der Waals surface area contributed by atoms with Crippen molar-refractivity contribution in [1.29, 1.82) is 0 Å². The Kier molecular flexibility index (Phi) is 4.71. The zero-order chi connectivity index (χ0) is 20.6. The Bertz CT molecular complexity index is 1160. The van der Waals surface area contributed by atoms with Crippen LogP contribution in [0.3, 0.4) is 0 Å². The number of anilines is 1. The molecule has 4 rings (SSSR count). The van der Waals surface area contributed by atoms with Crippen molar-refractivity contribution in [1.82, 2.24) is 4.98 Å². The highest BCUT2D eigenvalue weighted by molar-refractivity contribution is 6.04. The summed E-state index contributed by atoms with van der Waals surface area (Å²) in [5.41, 5.74) is 6.25. The number of aromatic nitrogens is 1. The number of carbonyl (C=O) groups is 1. The summed E-state index contributed by atoms with van der Waals surface area (Å²) in [5.74, 6) is 0.441. The first-order valence-electron chi connectivity index (χ1n) is 9.69. The van der Waals surface area contributed by atoms with Gasteiger partial charge in [-0.25, -0.2) is 4.98 Å². The number of nitrogens with one attached hydrogen (secondary N) is 1. The van der Waals surface area contributed by atoms with Crippen LogP contribution in [0.25, 0.3) is 22.6 Å². The Labute approximate surface area is 170 Å². The van der Waals surface area contributed by atoms with E-state index in [2.05, 4.69) is 31.1 Å². The molecule has 0 aliphatic rings. The highest BCUT2D eigenvalue weighted by atomic mass is 16.3. The van der Waals surface area contributed by atoms with E-state index in [1.165, 1.54) is 5.56 Å². The molecule has 0 fully saturated rings. The summed E-state index contributed by atoms with van der Waals surface area (Å²) >= 11 is 0. The molecule has 0 radical (unpaired) electrons. The molecule has 1 aromatic heterocycles. The minimum Gasteiger partial charge on any atom is -0.436 e. The zero-order valence-electron chi connectivity index (χ0n) is 17.1. The summed E-state index contributed by atoms with van der Waals surface area (Å²) in [6.45, 7) is 8.49. The number of carbonyl (C=O) groups excluding carboxylic acids is 1. The normalized spacial score (nSPS) is 11.6. The van der Waals surface area contributed by atoms with E-state index in [1.54, 1.807) is 0 Å². The monoisotopic (exact) mass is 384 g/mol. The molecule has 4 nitrogen and oxygen atoms in total. The molecule has 4 aromatic rings. The second-order valence-electron chi connectivity index (χ2n) is 8.35. The van der Waals surface area contributed by atoms with Crippen LogP contribution in [0.1, 0.15) is 42.3 Å². The van der Waals surface area contributed by atoms with Crippen LogP contribution >= 0.6 is 0 Å². The summed E-state index contributed by atoms with van der Waals surface area (Å²) in [5, 5.41) is 2.94. The fourth-order valence-corrected chi connectivity index (χ4v) is 3.18. The number of fused-ring (bicyclic) bond motifs is 1. The van der Waals surface area contributed by atoms with Crippen LogP contribution in [0, 0.1) is 6.92 Å². The maximum atomic E-state index is 12.5. The predicted octanol–water partition coefficient (Wildman–Crippen LogP) is 6.35. The number of rotatable bonds is 3. The Balaban J connectivity index is 1.49. The summed E-state index contributed by atoms with van der Waals surface area (Å²) in [6.07, 6.45) is 0. The molecule has 0 spiro atoms. The minimum atomic E-state index is -0.129. The lowest BCUT2D eigenvalue weighted by Crippen LogP contribution is -2.14. The molecule has 0 saturated carbocycles. The van der Waals surface area contributed by atoms with Crippen LogP contribution in [0.5, 0.6) is 0 Å². The maximum absolute atomic E-state index is 12.5. The van der Waals surface area contributed by atoms with Crippen LogP contribution in [-0.4, -0.2) is 10.9 Å². The van der Waals surface area contributed by atoms with E-state index in [0.717, 1.165) is 27.9 Å². The van der Waals surface area contributed by atoms with Gasteiger partial charge in [-0.15, -0.1) is 0 Å². The Morgan fingerprint density at radius 1 is 0.931 bits per heavy atom. The SMILES string of the molecule is Cc1ccc2oc(-c3ccc(NC(=O)c4ccc(C(C)(C)C)cc4)cc3)nc2c1. The second-order valence-corrected chi connectivity index (χ2v) is 8.35. The molecule has 3 aromatic carbocycles. The van der Waals surface area contributed by atoms with Gasteiger partial charge in [0.15, 0.2) is 5.58 Å². The van der Waals surface area contributed by atoms with Gasteiger partial charge in [-0.2, -0.15) is 0 Å². The Morgan fingerprint density at radius 2 is 1.62 bits per heavy atom. The number of aryl methyl sites for hydroxylation is 1. The number of benzene rings is 3. The van der Waals surface area contributed by atoms with Gasteiger partial charge in [0.1, 0.15) is 5.52 Å². The third-order valence-corrected chi connectivity index (χ3v) is 4.95. The third kappa shape index (κ3) is 4.06. The lowest BCUT2D eigenvalue weighted by molar-refractivity contribution is 0.102. The number of hydrogen-bond donors (Lipinski definition) is 1. The molecular formula is C25H24N2O2. The van der Waals surface area contributed by atoms with E-state index in [0.29, 0.717) is 11.5 Å². The number of oxazole rings is 1. The maximum Gasteiger partial charge on any atom is 0.255 e. The molecule has 29 heavy (non-hydrogen) atoms. The third-order valence-electron chi connectivity index (χ3n) is 4.95. The van der Waals surface area contributed by atoms with E-state index in [1.807, 2.05) is 73.7 Å². The van der Waals surface area contributed by atoms with Gasteiger partial charge in [0, 0.05) is 16.8 Å². The minimum absolute atomic E-state index is 0.0637. The van der Waals surface area contributed by atoms with Gasteiger partial charge < -0.3 is 9.73 Å². The first-order chi connectivity index (χ1) is 13.8. The van der Waals surface area contributed by atoms with E-state index in [4.69, 9.17) is 4.42 Å². The van der Waals surface area contributed by atoms with Gasteiger partial charge in [0.05, 0.1) is 0 Å².